The fraction of sp³-hybridized carbons (Fsp3) is 0.933. The molecule has 0 aliphatic carbocycles. The molecule has 0 heterocycles. The van der Waals surface area contributed by atoms with Crippen LogP contribution in [-0.2, 0) is 0 Å². The normalized spacial score (nSPS) is 12.3. The topological polar surface area (TPSA) is 39.7 Å². The lowest BCUT2D eigenvalue weighted by atomic mass is 10.2. The first-order valence-corrected chi connectivity index (χ1v) is 7.84. The molecule has 0 bridgehead atoms. The molecule has 0 spiro atoms. The molecule has 19 heavy (non-hydrogen) atoms. The number of unbranched alkanes of at least 4 members (excludes halogenated alkanes) is 3. The highest BCUT2D eigenvalue weighted by molar-refractivity contribution is 5.79. The zero-order valence-corrected chi connectivity index (χ0v) is 13.6. The minimum absolute atomic E-state index is 0.607. The Kier molecular flexibility index (Phi) is 11.8. The van der Waals surface area contributed by atoms with Gasteiger partial charge in [-0.05, 0) is 26.8 Å². The molecule has 0 aliphatic rings. The molecule has 0 aliphatic heterocycles. The van der Waals surface area contributed by atoms with E-state index in [1.807, 2.05) is 7.05 Å². The summed E-state index contributed by atoms with van der Waals surface area (Å²) in [5.41, 5.74) is 0. The third-order valence-corrected chi connectivity index (χ3v) is 3.37. The first-order valence-electron chi connectivity index (χ1n) is 7.84. The van der Waals surface area contributed by atoms with Crippen LogP contribution in [0.25, 0.3) is 0 Å². The van der Waals surface area contributed by atoms with Crippen LogP contribution in [0.4, 0.5) is 0 Å². The Balaban J connectivity index is 3.70. The molecule has 0 aromatic rings. The second kappa shape index (κ2) is 12.3. The Labute approximate surface area is 120 Å². The summed E-state index contributed by atoms with van der Waals surface area (Å²) >= 11 is 0. The molecular weight excluding hydrogens is 236 g/mol. The maximum Gasteiger partial charge on any atom is 0.191 e. The minimum Gasteiger partial charge on any atom is -0.356 e. The van der Waals surface area contributed by atoms with E-state index in [2.05, 4.69) is 48.2 Å². The number of nitrogens with zero attached hydrogens (tertiary/aromatic N) is 2. The van der Waals surface area contributed by atoms with Crippen molar-refractivity contribution in [2.45, 2.75) is 59.4 Å². The van der Waals surface area contributed by atoms with Crippen LogP contribution in [-0.4, -0.2) is 50.1 Å². The lowest BCUT2D eigenvalue weighted by molar-refractivity contribution is 0.237. The summed E-state index contributed by atoms with van der Waals surface area (Å²) in [4.78, 5) is 6.70. The SMILES string of the molecule is CCCCCCNC(=NC)NCCN(CC)C(C)C. The molecular formula is C15H34N4. The Morgan fingerprint density at radius 1 is 1.05 bits per heavy atom. The van der Waals surface area contributed by atoms with Crippen LogP contribution >= 0.6 is 0 Å². The van der Waals surface area contributed by atoms with Crippen LogP contribution < -0.4 is 10.6 Å². The number of hydrogen-bond acceptors (Lipinski definition) is 2. The van der Waals surface area contributed by atoms with Crippen molar-refractivity contribution < 1.29 is 0 Å². The summed E-state index contributed by atoms with van der Waals surface area (Å²) in [6.07, 6.45) is 5.14. The highest BCUT2D eigenvalue weighted by atomic mass is 15.2. The molecule has 0 aromatic heterocycles. The second-order valence-electron chi connectivity index (χ2n) is 5.21. The van der Waals surface area contributed by atoms with E-state index in [1.165, 1.54) is 25.7 Å². The summed E-state index contributed by atoms with van der Waals surface area (Å²) in [7, 11) is 1.83. The second-order valence-corrected chi connectivity index (χ2v) is 5.21. The largest absolute Gasteiger partial charge is 0.356 e. The van der Waals surface area contributed by atoms with Crippen molar-refractivity contribution in [1.29, 1.82) is 0 Å². The average molecular weight is 270 g/mol. The van der Waals surface area contributed by atoms with Crippen LogP contribution in [0, 0.1) is 0 Å². The van der Waals surface area contributed by atoms with Crippen molar-refractivity contribution in [1.82, 2.24) is 15.5 Å². The number of aliphatic imine (C=N–C) groups is 1. The van der Waals surface area contributed by atoms with Crippen LogP contribution in [0.3, 0.4) is 0 Å². The van der Waals surface area contributed by atoms with Crippen LogP contribution in [0.2, 0.25) is 0 Å². The smallest absolute Gasteiger partial charge is 0.191 e. The molecule has 0 amide bonds. The number of rotatable bonds is 10. The van der Waals surface area contributed by atoms with Crippen molar-refractivity contribution in [3.63, 3.8) is 0 Å². The average Bonchev–Trinajstić information content (AvgIpc) is 2.40. The van der Waals surface area contributed by atoms with Gasteiger partial charge in [-0.15, -0.1) is 0 Å². The van der Waals surface area contributed by atoms with Gasteiger partial charge < -0.3 is 10.6 Å². The third kappa shape index (κ3) is 9.77. The third-order valence-electron chi connectivity index (χ3n) is 3.37. The van der Waals surface area contributed by atoms with Crippen molar-refractivity contribution in [2.75, 3.05) is 33.2 Å². The van der Waals surface area contributed by atoms with Gasteiger partial charge in [0.1, 0.15) is 0 Å². The quantitative estimate of drug-likeness (QED) is 0.364. The van der Waals surface area contributed by atoms with Gasteiger partial charge in [0.05, 0.1) is 0 Å². The number of likely N-dealkylation sites (N-methyl/N-ethyl adjacent to an activating group) is 1. The van der Waals surface area contributed by atoms with Crippen molar-refractivity contribution in [3.05, 3.63) is 0 Å². The number of nitrogens with one attached hydrogen (secondary N) is 2. The van der Waals surface area contributed by atoms with E-state index in [9.17, 15) is 0 Å². The van der Waals surface area contributed by atoms with E-state index in [4.69, 9.17) is 0 Å². The monoisotopic (exact) mass is 270 g/mol. The minimum atomic E-state index is 0.607. The Hall–Kier alpha value is -0.770. The van der Waals surface area contributed by atoms with Crippen LogP contribution in [0.15, 0.2) is 4.99 Å². The highest BCUT2D eigenvalue weighted by Gasteiger charge is 2.06. The Bertz CT molecular complexity index is 226. The molecule has 0 atom stereocenters. The molecule has 0 fully saturated rings. The van der Waals surface area contributed by atoms with Gasteiger partial charge in [-0.2, -0.15) is 0 Å². The van der Waals surface area contributed by atoms with E-state index >= 15 is 0 Å². The van der Waals surface area contributed by atoms with E-state index in [0.29, 0.717) is 6.04 Å². The molecule has 4 nitrogen and oxygen atoms in total. The van der Waals surface area contributed by atoms with Gasteiger partial charge >= 0.3 is 0 Å². The van der Waals surface area contributed by atoms with Gasteiger partial charge in [0.2, 0.25) is 0 Å². The zero-order chi connectivity index (χ0) is 14.5. The highest BCUT2D eigenvalue weighted by Crippen LogP contribution is 1.97. The standard InChI is InChI=1S/C15H34N4/c1-6-8-9-10-11-17-15(16-5)18-12-13-19(7-2)14(3)4/h14H,6-13H2,1-5H3,(H2,16,17,18). The summed E-state index contributed by atoms with van der Waals surface area (Å²) in [5, 5.41) is 6.75. The fourth-order valence-electron chi connectivity index (χ4n) is 2.08. The summed E-state index contributed by atoms with van der Waals surface area (Å²) in [6, 6.07) is 0.607. The van der Waals surface area contributed by atoms with E-state index in [-0.39, 0.29) is 0 Å². The predicted octanol–water partition coefficient (Wildman–Crippen LogP) is 2.46. The lowest BCUT2D eigenvalue weighted by Gasteiger charge is -2.25. The van der Waals surface area contributed by atoms with Crippen molar-refractivity contribution in [3.8, 4) is 0 Å². The van der Waals surface area contributed by atoms with Crippen LogP contribution in [0.1, 0.15) is 53.4 Å². The molecule has 0 saturated carbocycles. The first-order chi connectivity index (χ1) is 9.15. The van der Waals surface area contributed by atoms with E-state index in [1.54, 1.807) is 0 Å². The van der Waals surface area contributed by atoms with Crippen molar-refractivity contribution in [2.24, 2.45) is 4.99 Å². The Morgan fingerprint density at radius 2 is 1.74 bits per heavy atom. The molecule has 0 unspecified atom stereocenters. The molecule has 4 heteroatoms. The summed E-state index contributed by atoms with van der Waals surface area (Å²) < 4.78 is 0. The van der Waals surface area contributed by atoms with Crippen LogP contribution in [0.5, 0.6) is 0 Å². The van der Waals surface area contributed by atoms with Gasteiger partial charge in [-0.3, -0.25) is 9.89 Å². The maximum atomic E-state index is 4.25. The molecule has 0 saturated heterocycles. The zero-order valence-electron chi connectivity index (χ0n) is 13.6. The van der Waals surface area contributed by atoms with E-state index < -0.39 is 0 Å². The lowest BCUT2D eigenvalue weighted by Crippen LogP contribution is -2.43. The molecule has 114 valence electrons. The number of guanidine groups is 1. The maximum absolute atomic E-state index is 4.25. The molecule has 0 radical (unpaired) electrons. The predicted molar refractivity (Wildman–Crippen MR) is 85.9 cm³/mol. The fourth-order valence-corrected chi connectivity index (χ4v) is 2.08. The van der Waals surface area contributed by atoms with Gasteiger partial charge in [0.25, 0.3) is 0 Å². The van der Waals surface area contributed by atoms with E-state index in [0.717, 1.165) is 32.1 Å². The molecule has 0 aromatic carbocycles. The first kappa shape index (κ1) is 18.2. The van der Waals surface area contributed by atoms with Gasteiger partial charge in [-0.1, -0.05) is 33.1 Å². The Morgan fingerprint density at radius 3 is 2.26 bits per heavy atom. The van der Waals surface area contributed by atoms with Crippen molar-refractivity contribution >= 4 is 5.96 Å². The molecule has 0 rings (SSSR count). The summed E-state index contributed by atoms with van der Waals surface area (Å²) in [5.74, 6) is 0.927. The van der Waals surface area contributed by atoms with Gasteiger partial charge in [-0.25, -0.2) is 0 Å². The number of hydrogen-bond donors (Lipinski definition) is 2. The van der Waals surface area contributed by atoms with Gasteiger partial charge in [0.15, 0.2) is 5.96 Å². The molecule has 2 N–H and O–H groups in total. The summed E-state index contributed by atoms with van der Waals surface area (Å²) in [6.45, 7) is 13.0. The van der Waals surface area contributed by atoms with Gasteiger partial charge in [0, 0.05) is 32.7 Å².